The lowest BCUT2D eigenvalue weighted by Crippen LogP contribution is -2.42. The third kappa shape index (κ3) is 5.33. The minimum atomic E-state index is -0.144. The number of ether oxygens (including phenoxy) is 1. The molecule has 5 heteroatoms. The van der Waals surface area contributed by atoms with E-state index in [1.165, 1.54) is 24.7 Å². The van der Waals surface area contributed by atoms with Crippen molar-refractivity contribution >= 4 is 17.5 Å². The maximum absolute atomic E-state index is 12.7. The Morgan fingerprint density at radius 1 is 0.889 bits per heavy atom. The zero-order chi connectivity index (χ0) is 19.1. The van der Waals surface area contributed by atoms with E-state index in [1.54, 1.807) is 0 Å². The van der Waals surface area contributed by atoms with Gasteiger partial charge >= 0.3 is 0 Å². The van der Waals surface area contributed by atoms with Crippen LogP contribution in [0.2, 0.25) is 0 Å². The molecule has 2 aromatic carbocycles. The summed E-state index contributed by atoms with van der Waals surface area (Å²) in [6.45, 7) is 3.14. The van der Waals surface area contributed by atoms with Crippen molar-refractivity contribution in [1.29, 1.82) is 0 Å². The number of carbonyl (C=O) groups is 2. The fraction of sp³-hybridized carbons (Fsp3) is 0.364. The van der Waals surface area contributed by atoms with E-state index in [4.69, 9.17) is 4.74 Å². The first-order valence-corrected chi connectivity index (χ1v) is 9.52. The third-order valence-electron chi connectivity index (χ3n) is 4.76. The molecule has 0 bridgehead atoms. The molecule has 0 N–H and O–H groups in total. The number of hydrogen-bond acceptors (Lipinski definition) is 3. The van der Waals surface area contributed by atoms with E-state index < -0.39 is 0 Å². The summed E-state index contributed by atoms with van der Waals surface area (Å²) in [5.41, 5.74) is 0.700. The van der Waals surface area contributed by atoms with Crippen LogP contribution in [0.3, 0.4) is 0 Å². The van der Waals surface area contributed by atoms with Crippen LogP contribution in [0, 0.1) is 0 Å². The summed E-state index contributed by atoms with van der Waals surface area (Å²) in [4.78, 5) is 28.2. The molecule has 0 saturated carbocycles. The molecule has 0 unspecified atom stereocenters. The summed E-state index contributed by atoms with van der Waals surface area (Å²) in [6.07, 6.45) is 4.42. The Bertz CT molecular complexity index is 751. The van der Waals surface area contributed by atoms with Crippen molar-refractivity contribution < 1.29 is 14.3 Å². The second-order valence-corrected chi connectivity index (χ2v) is 6.81. The first kappa shape index (κ1) is 19.0. The quantitative estimate of drug-likeness (QED) is 0.795. The molecule has 142 valence electrons. The zero-order valence-corrected chi connectivity index (χ0v) is 15.8. The van der Waals surface area contributed by atoms with Crippen molar-refractivity contribution in [1.82, 2.24) is 4.90 Å². The van der Waals surface area contributed by atoms with E-state index in [2.05, 4.69) is 0 Å². The standard InChI is InChI=1S/C22H26N2O3/c1-18(25)24(17-22(26)23-15-7-2-3-8-16-23)19-11-13-21(14-12-19)27-20-9-5-4-6-10-20/h4-6,9-14H,2-3,7-8,15-17H2,1H3. The Labute approximate surface area is 160 Å². The van der Waals surface area contributed by atoms with Gasteiger partial charge in [-0.3, -0.25) is 9.59 Å². The van der Waals surface area contributed by atoms with E-state index in [1.807, 2.05) is 59.5 Å². The van der Waals surface area contributed by atoms with E-state index in [-0.39, 0.29) is 18.4 Å². The fourth-order valence-electron chi connectivity index (χ4n) is 3.26. The SMILES string of the molecule is CC(=O)N(CC(=O)N1CCCCCC1)c1ccc(Oc2ccccc2)cc1. The molecule has 0 atom stereocenters. The van der Waals surface area contributed by atoms with Gasteiger partial charge in [0.1, 0.15) is 18.0 Å². The van der Waals surface area contributed by atoms with E-state index in [9.17, 15) is 9.59 Å². The van der Waals surface area contributed by atoms with Crippen molar-refractivity contribution in [3.63, 3.8) is 0 Å². The minimum absolute atomic E-state index is 0.0108. The van der Waals surface area contributed by atoms with Gasteiger partial charge in [-0.25, -0.2) is 0 Å². The van der Waals surface area contributed by atoms with E-state index >= 15 is 0 Å². The van der Waals surface area contributed by atoms with Crippen LogP contribution < -0.4 is 9.64 Å². The Kier molecular flexibility index (Phi) is 6.47. The van der Waals surface area contributed by atoms with Gasteiger partial charge < -0.3 is 14.5 Å². The number of likely N-dealkylation sites (tertiary alicyclic amines) is 1. The topological polar surface area (TPSA) is 49.9 Å². The normalized spacial score (nSPS) is 14.3. The highest BCUT2D eigenvalue weighted by atomic mass is 16.5. The average Bonchev–Trinajstić information content (AvgIpc) is 2.97. The van der Waals surface area contributed by atoms with E-state index in [0.717, 1.165) is 31.7 Å². The molecular formula is C22H26N2O3. The molecular weight excluding hydrogens is 340 g/mol. The van der Waals surface area contributed by atoms with Crippen molar-refractivity contribution in [2.45, 2.75) is 32.6 Å². The number of carbonyl (C=O) groups excluding carboxylic acids is 2. The van der Waals surface area contributed by atoms with Crippen molar-refractivity contribution in [2.75, 3.05) is 24.5 Å². The first-order chi connectivity index (χ1) is 13.1. The molecule has 2 amide bonds. The van der Waals surface area contributed by atoms with Gasteiger partial charge in [0.15, 0.2) is 0 Å². The van der Waals surface area contributed by atoms with Gasteiger partial charge in [-0.05, 0) is 49.2 Å². The number of anilines is 1. The van der Waals surface area contributed by atoms with Gasteiger partial charge in [0.2, 0.25) is 11.8 Å². The highest BCUT2D eigenvalue weighted by Gasteiger charge is 2.21. The summed E-state index contributed by atoms with van der Waals surface area (Å²) in [6, 6.07) is 16.8. The predicted molar refractivity (Wildman–Crippen MR) is 106 cm³/mol. The molecule has 1 aliphatic rings. The number of nitrogens with zero attached hydrogens (tertiary/aromatic N) is 2. The smallest absolute Gasteiger partial charge is 0.242 e. The van der Waals surface area contributed by atoms with Gasteiger partial charge in [-0.2, -0.15) is 0 Å². The molecule has 1 aliphatic heterocycles. The summed E-state index contributed by atoms with van der Waals surface area (Å²) >= 11 is 0. The van der Waals surface area contributed by atoms with E-state index in [0.29, 0.717) is 11.4 Å². The molecule has 1 heterocycles. The van der Waals surface area contributed by atoms with Crippen LogP contribution >= 0.6 is 0 Å². The number of rotatable bonds is 5. The minimum Gasteiger partial charge on any atom is -0.457 e. The number of para-hydroxylation sites is 1. The third-order valence-corrected chi connectivity index (χ3v) is 4.76. The molecule has 5 nitrogen and oxygen atoms in total. The Hall–Kier alpha value is -2.82. The molecule has 0 radical (unpaired) electrons. The average molecular weight is 366 g/mol. The molecule has 0 spiro atoms. The Balaban J connectivity index is 1.67. The molecule has 0 aromatic heterocycles. The van der Waals surface area contributed by atoms with Crippen LogP contribution in [-0.2, 0) is 9.59 Å². The highest BCUT2D eigenvalue weighted by molar-refractivity contribution is 5.97. The Morgan fingerprint density at radius 2 is 1.48 bits per heavy atom. The maximum atomic E-state index is 12.7. The number of amides is 2. The maximum Gasteiger partial charge on any atom is 0.242 e. The molecule has 0 aliphatic carbocycles. The summed E-state index contributed by atoms with van der Waals surface area (Å²) in [5, 5.41) is 0. The van der Waals surface area contributed by atoms with Crippen molar-refractivity contribution in [3.8, 4) is 11.5 Å². The number of hydrogen-bond donors (Lipinski definition) is 0. The van der Waals surface area contributed by atoms with Gasteiger partial charge in [0, 0.05) is 25.7 Å². The largest absolute Gasteiger partial charge is 0.457 e. The molecule has 1 fully saturated rings. The second kappa shape index (κ2) is 9.21. The van der Waals surface area contributed by atoms with Crippen LogP contribution in [0.25, 0.3) is 0 Å². The van der Waals surface area contributed by atoms with Gasteiger partial charge in [-0.1, -0.05) is 31.0 Å². The Morgan fingerprint density at radius 3 is 2.07 bits per heavy atom. The lowest BCUT2D eigenvalue weighted by atomic mass is 10.2. The lowest BCUT2D eigenvalue weighted by Gasteiger charge is -2.26. The van der Waals surface area contributed by atoms with Gasteiger partial charge in [0.05, 0.1) is 0 Å². The molecule has 27 heavy (non-hydrogen) atoms. The number of benzene rings is 2. The highest BCUT2D eigenvalue weighted by Crippen LogP contribution is 2.24. The molecule has 2 aromatic rings. The lowest BCUT2D eigenvalue weighted by molar-refractivity contribution is -0.131. The monoisotopic (exact) mass is 366 g/mol. The fourth-order valence-corrected chi connectivity index (χ4v) is 3.26. The molecule has 1 saturated heterocycles. The predicted octanol–water partition coefficient (Wildman–Crippen LogP) is 4.23. The van der Waals surface area contributed by atoms with Crippen LogP contribution in [0.1, 0.15) is 32.6 Å². The van der Waals surface area contributed by atoms with Crippen molar-refractivity contribution in [3.05, 3.63) is 54.6 Å². The van der Waals surface area contributed by atoms with Gasteiger partial charge in [-0.15, -0.1) is 0 Å². The van der Waals surface area contributed by atoms with Gasteiger partial charge in [0.25, 0.3) is 0 Å². The molecule has 3 rings (SSSR count). The summed E-state index contributed by atoms with van der Waals surface area (Å²) < 4.78 is 5.79. The summed E-state index contributed by atoms with van der Waals surface area (Å²) in [5.74, 6) is 1.31. The van der Waals surface area contributed by atoms with Crippen LogP contribution in [0.4, 0.5) is 5.69 Å². The van der Waals surface area contributed by atoms with Crippen LogP contribution in [0.5, 0.6) is 11.5 Å². The zero-order valence-electron chi connectivity index (χ0n) is 15.8. The second-order valence-electron chi connectivity index (χ2n) is 6.81. The van der Waals surface area contributed by atoms with Crippen molar-refractivity contribution in [2.24, 2.45) is 0 Å². The first-order valence-electron chi connectivity index (χ1n) is 9.52. The van der Waals surface area contributed by atoms with Crippen LogP contribution in [-0.4, -0.2) is 36.3 Å². The van der Waals surface area contributed by atoms with Crippen LogP contribution in [0.15, 0.2) is 54.6 Å². The summed E-state index contributed by atoms with van der Waals surface area (Å²) in [7, 11) is 0.